The fourth-order valence-electron chi connectivity index (χ4n) is 3.30. The molecule has 3 rings (SSSR count). The van der Waals surface area contributed by atoms with Gasteiger partial charge >= 0.3 is 0 Å². The molecule has 2 aromatic rings. The van der Waals surface area contributed by atoms with Gasteiger partial charge in [-0.25, -0.2) is 4.98 Å². The molecule has 0 bridgehead atoms. The molecule has 27 heavy (non-hydrogen) atoms. The van der Waals surface area contributed by atoms with Crippen LogP contribution >= 0.6 is 23.2 Å². The molecule has 1 atom stereocenters. The second-order valence-corrected chi connectivity index (χ2v) is 7.70. The molecule has 0 radical (unpaired) electrons. The number of amides is 1. The second kappa shape index (κ2) is 9.40. The van der Waals surface area contributed by atoms with Crippen molar-refractivity contribution in [2.24, 2.45) is 0 Å². The molecule has 1 fully saturated rings. The van der Waals surface area contributed by atoms with Crippen LogP contribution in [-0.2, 0) is 11.2 Å². The predicted octanol–water partition coefficient (Wildman–Crippen LogP) is 3.26. The molecule has 0 saturated carbocycles. The summed E-state index contributed by atoms with van der Waals surface area (Å²) in [5, 5.41) is 4.16. The van der Waals surface area contributed by atoms with Gasteiger partial charge < -0.3 is 10.2 Å². The molecular weight excluding hydrogens is 383 g/mol. The highest BCUT2D eigenvalue weighted by molar-refractivity contribution is 6.35. The minimum atomic E-state index is -0.0288. The van der Waals surface area contributed by atoms with Gasteiger partial charge in [0.05, 0.1) is 6.42 Å². The number of carbonyl (C=O) groups is 1. The van der Waals surface area contributed by atoms with E-state index in [0.717, 1.165) is 44.1 Å². The molecule has 144 valence electrons. The third-order valence-electron chi connectivity index (χ3n) is 4.65. The van der Waals surface area contributed by atoms with Crippen LogP contribution in [0.3, 0.4) is 0 Å². The maximum Gasteiger partial charge on any atom is 0.224 e. The van der Waals surface area contributed by atoms with Gasteiger partial charge in [-0.05, 0) is 36.8 Å². The number of halogens is 2. The van der Waals surface area contributed by atoms with Crippen molar-refractivity contribution in [2.45, 2.75) is 19.4 Å². The van der Waals surface area contributed by atoms with Gasteiger partial charge in [0.2, 0.25) is 5.91 Å². The Bertz CT molecular complexity index is 764. The first kappa shape index (κ1) is 19.9. The van der Waals surface area contributed by atoms with Crippen molar-refractivity contribution in [3.8, 4) is 0 Å². The van der Waals surface area contributed by atoms with Gasteiger partial charge in [-0.3, -0.25) is 9.69 Å². The first-order valence-electron chi connectivity index (χ1n) is 9.13. The van der Waals surface area contributed by atoms with Crippen molar-refractivity contribution in [3.63, 3.8) is 0 Å². The van der Waals surface area contributed by atoms with Gasteiger partial charge in [0.1, 0.15) is 5.82 Å². The van der Waals surface area contributed by atoms with E-state index in [1.165, 1.54) is 0 Å². The van der Waals surface area contributed by atoms with Crippen LogP contribution in [0.1, 0.15) is 12.5 Å². The van der Waals surface area contributed by atoms with Crippen molar-refractivity contribution < 1.29 is 4.79 Å². The molecule has 1 aromatic carbocycles. The summed E-state index contributed by atoms with van der Waals surface area (Å²) in [6, 6.07) is 11.3. The summed E-state index contributed by atoms with van der Waals surface area (Å²) in [6.45, 7) is 6.67. The molecule has 1 N–H and O–H groups in total. The Morgan fingerprint density at radius 2 is 1.96 bits per heavy atom. The van der Waals surface area contributed by atoms with Gasteiger partial charge in [-0.15, -0.1) is 0 Å². The van der Waals surface area contributed by atoms with Crippen LogP contribution in [0.4, 0.5) is 5.82 Å². The van der Waals surface area contributed by atoms with E-state index in [-0.39, 0.29) is 18.4 Å². The maximum atomic E-state index is 12.3. The van der Waals surface area contributed by atoms with E-state index in [2.05, 4.69) is 20.1 Å². The Labute approximate surface area is 170 Å². The number of carbonyl (C=O) groups excluding carboxylic acids is 1. The van der Waals surface area contributed by atoms with E-state index in [1.54, 1.807) is 18.2 Å². The predicted molar refractivity (Wildman–Crippen MR) is 111 cm³/mol. The van der Waals surface area contributed by atoms with Gasteiger partial charge in [-0.2, -0.15) is 0 Å². The molecule has 7 heteroatoms. The number of hydrogen-bond donors (Lipinski definition) is 1. The van der Waals surface area contributed by atoms with E-state index >= 15 is 0 Å². The fraction of sp³-hybridized carbons (Fsp3) is 0.400. The maximum absolute atomic E-state index is 12.3. The SMILES string of the molecule is CC(CN1CCN(c2ccccn2)CC1)NC(=O)Cc1ccc(Cl)cc1Cl. The molecule has 0 spiro atoms. The zero-order valence-electron chi connectivity index (χ0n) is 15.4. The van der Waals surface area contributed by atoms with Crippen molar-refractivity contribution in [3.05, 3.63) is 58.2 Å². The smallest absolute Gasteiger partial charge is 0.224 e. The number of hydrogen-bond acceptors (Lipinski definition) is 4. The lowest BCUT2D eigenvalue weighted by molar-refractivity contribution is -0.121. The van der Waals surface area contributed by atoms with Gasteiger partial charge in [0.15, 0.2) is 0 Å². The molecular formula is C20H24Cl2N4O. The summed E-state index contributed by atoms with van der Waals surface area (Å²) in [6.07, 6.45) is 2.08. The van der Waals surface area contributed by atoms with Crippen molar-refractivity contribution >= 4 is 34.9 Å². The normalized spacial score (nSPS) is 16.2. The van der Waals surface area contributed by atoms with Gasteiger partial charge in [0.25, 0.3) is 0 Å². The van der Waals surface area contributed by atoms with Crippen LogP contribution in [0, 0.1) is 0 Å². The van der Waals surface area contributed by atoms with E-state index < -0.39 is 0 Å². The largest absolute Gasteiger partial charge is 0.354 e. The summed E-state index contributed by atoms with van der Waals surface area (Å²) in [5.41, 5.74) is 0.787. The number of nitrogens with one attached hydrogen (secondary N) is 1. The standard InChI is InChI=1S/C20H24Cl2N4O/c1-15(24-20(27)12-16-5-6-17(21)13-18(16)22)14-25-8-10-26(11-9-25)19-4-2-3-7-23-19/h2-7,13,15H,8-12,14H2,1H3,(H,24,27). The third-order valence-corrected chi connectivity index (χ3v) is 5.24. The molecule has 1 aromatic heterocycles. The average molecular weight is 407 g/mol. The zero-order valence-corrected chi connectivity index (χ0v) is 16.9. The minimum Gasteiger partial charge on any atom is -0.354 e. The van der Waals surface area contributed by atoms with E-state index in [1.807, 2.05) is 31.3 Å². The average Bonchev–Trinajstić information content (AvgIpc) is 2.65. The topological polar surface area (TPSA) is 48.5 Å². The monoisotopic (exact) mass is 406 g/mol. The number of anilines is 1. The Hall–Kier alpha value is -1.82. The highest BCUT2D eigenvalue weighted by Crippen LogP contribution is 2.21. The first-order chi connectivity index (χ1) is 13.0. The molecule has 1 unspecified atom stereocenters. The van der Waals surface area contributed by atoms with Crippen LogP contribution in [0.5, 0.6) is 0 Å². The Kier molecular flexibility index (Phi) is 6.94. The number of benzene rings is 1. The Morgan fingerprint density at radius 3 is 2.63 bits per heavy atom. The van der Waals surface area contributed by atoms with Crippen LogP contribution in [-0.4, -0.2) is 54.6 Å². The lowest BCUT2D eigenvalue weighted by atomic mass is 10.1. The fourth-order valence-corrected chi connectivity index (χ4v) is 3.77. The van der Waals surface area contributed by atoms with E-state index in [4.69, 9.17) is 23.2 Å². The van der Waals surface area contributed by atoms with Crippen molar-refractivity contribution in [1.82, 2.24) is 15.2 Å². The lowest BCUT2D eigenvalue weighted by Gasteiger charge is -2.36. The summed E-state index contributed by atoms with van der Waals surface area (Å²) in [4.78, 5) is 21.4. The number of aromatic nitrogens is 1. The molecule has 5 nitrogen and oxygen atoms in total. The summed E-state index contributed by atoms with van der Waals surface area (Å²) >= 11 is 12.0. The quantitative estimate of drug-likeness (QED) is 0.799. The molecule has 1 aliphatic heterocycles. The van der Waals surface area contributed by atoms with Gasteiger partial charge in [0, 0.05) is 55.0 Å². The van der Waals surface area contributed by atoms with E-state index in [0.29, 0.717) is 10.0 Å². The van der Waals surface area contributed by atoms with Crippen LogP contribution in [0.2, 0.25) is 10.0 Å². The lowest BCUT2D eigenvalue weighted by Crippen LogP contribution is -2.51. The molecule has 0 aliphatic carbocycles. The highest BCUT2D eigenvalue weighted by Gasteiger charge is 2.20. The number of piperazine rings is 1. The molecule has 1 amide bonds. The number of nitrogens with zero attached hydrogens (tertiary/aromatic N) is 3. The minimum absolute atomic E-state index is 0.0288. The number of rotatable bonds is 6. The summed E-state index contributed by atoms with van der Waals surface area (Å²) in [7, 11) is 0. The molecule has 1 saturated heterocycles. The first-order valence-corrected chi connectivity index (χ1v) is 9.88. The van der Waals surface area contributed by atoms with Crippen LogP contribution < -0.4 is 10.2 Å². The van der Waals surface area contributed by atoms with Crippen LogP contribution in [0.25, 0.3) is 0 Å². The third kappa shape index (κ3) is 5.83. The van der Waals surface area contributed by atoms with Gasteiger partial charge in [-0.1, -0.05) is 35.3 Å². The molecule has 1 aliphatic rings. The van der Waals surface area contributed by atoms with Crippen molar-refractivity contribution in [2.75, 3.05) is 37.6 Å². The highest BCUT2D eigenvalue weighted by atomic mass is 35.5. The summed E-state index contributed by atoms with van der Waals surface area (Å²) in [5.74, 6) is 0.997. The Balaban J connectivity index is 1.43. The zero-order chi connectivity index (χ0) is 19.2. The molecule has 2 heterocycles. The number of pyridine rings is 1. The van der Waals surface area contributed by atoms with Crippen molar-refractivity contribution in [1.29, 1.82) is 0 Å². The Morgan fingerprint density at radius 1 is 1.19 bits per heavy atom. The van der Waals surface area contributed by atoms with Crippen LogP contribution in [0.15, 0.2) is 42.6 Å². The second-order valence-electron chi connectivity index (χ2n) is 6.86. The summed E-state index contributed by atoms with van der Waals surface area (Å²) < 4.78 is 0. The van der Waals surface area contributed by atoms with E-state index in [9.17, 15) is 4.79 Å².